The van der Waals surface area contributed by atoms with Crippen LogP contribution < -0.4 is 0 Å². The number of para-hydroxylation sites is 3. The second-order valence-electron chi connectivity index (χ2n) is 6.77. The van der Waals surface area contributed by atoms with Gasteiger partial charge in [-0.25, -0.2) is 4.98 Å². The number of nitrogens with zero attached hydrogens (tertiary/aromatic N) is 3. The minimum absolute atomic E-state index is 0.772. The normalized spacial score (nSPS) is 11.4. The van der Waals surface area contributed by atoms with Gasteiger partial charge >= 0.3 is 0 Å². The van der Waals surface area contributed by atoms with Crippen molar-refractivity contribution in [2.24, 2.45) is 0 Å². The minimum Gasteiger partial charge on any atom is -0.299 e. The number of likely N-dealkylation sites (N-methyl/N-ethyl adjacent to an activating group) is 1. The summed E-state index contributed by atoms with van der Waals surface area (Å²) in [6.45, 7) is 1.69. The van der Waals surface area contributed by atoms with Crippen LogP contribution in [-0.2, 0) is 13.0 Å². The molecule has 0 N–H and O–H groups in total. The van der Waals surface area contributed by atoms with Crippen molar-refractivity contribution in [1.29, 1.82) is 0 Å². The summed E-state index contributed by atoms with van der Waals surface area (Å²) in [6.07, 6.45) is 0.918. The molecule has 3 aromatic carbocycles. The van der Waals surface area contributed by atoms with Gasteiger partial charge in [0.25, 0.3) is 0 Å². The summed E-state index contributed by atoms with van der Waals surface area (Å²) in [6, 6.07) is 26.8. The largest absolute Gasteiger partial charge is 0.299 e. The first-order chi connectivity index (χ1) is 13.2. The molecule has 0 bridgehead atoms. The highest BCUT2D eigenvalue weighted by atomic mass is 35.5. The highest BCUT2D eigenvalue weighted by Gasteiger charge is 2.14. The molecule has 0 radical (unpaired) electrons. The molecule has 27 heavy (non-hydrogen) atoms. The molecule has 136 valence electrons. The topological polar surface area (TPSA) is 21.1 Å². The van der Waals surface area contributed by atoms with E-state index in [9.17, 15) is 0 Å². The summed E-state index contributed by atoms with van der Waals surface area (Å²) < 4.78 is 2.25. The van der Waals surface area contributed by atoms with E-state index in [0.29, 0.717) is 0 Å². The number of rotatable bonds is 6. The number of benzene rings is 3. The van der Waals surface area contributed by atoms with Crippen LogP contribution in [-0.4, -0.2) is 28.0 Å². The van der Waals surface area contributed by atoms with Crippen LogP contribution in [0.3, 0.4) is 0 Å². The predicted octanol–water partition coefficient (Wildman–Crippen LogP) is 5.35. The fraction of sp³-hybridized carbons (Fsp3) is 0.174. The van der Waals surface area contributed by atoms with Crippen molar-refractivity contribution in [2.75, 3.05) is 13.6 Å². The number of hydrogen-bond donors (Lipinski definition) is 0. The van der Waals surface area contributed by atoms with Gasteiger partial charge in [0.2, 0.25) is 0 Å². The van der Waals surface area contributed by atoms with Crippen molar-refractivity contribution >= 4 is 22.6 Å². The van der Waals surface area contributed by atoms with E-state index in [2.05, 4.69) is 65.0 Å². The van der Waals surface area contributed by atoms with Crippen LogP contribution in [0.15, 0.2) is 78.9 Å². The monoisotopic (exact) mass is 375 g/mol. The maximum Gasteiger partial charge on any atom is 0.128 e. The molecule has 1 aromatic heterocycles. The molecule has 3 nitrogen and oxygen atoms in total. The van der Waals surface area contributed by atoms with Gasteiger partial charge in [-0.1, -0.05) is 60.1 Å². The third kappa shape index (κ3) is 3.90. The molecular formula is C23H22ClN3. The number of aromatic nitrogens is 2. The van der Waals surface area contributed by atoms with Crippen LogP contribution in [0, 0.1) is 0 Å². The van der Waals surface area contributed by atoms with E-state index >= 15 is 0 Å². The Morgan fingerprint density at radius 2 is 1.59 bits per heavy atom. The molecule has 0 atom stereocenters. The fourth-order valence-electron chi connectivity index (χ4n) is 3.38. The Labute approximate surface area is 164 Å². The van der Waals surface area contributed by atoms with E-state index in [1.54, 1.807) is 0 Å². The van der Waals surface area contributed by atoms with E-state index in [4.69, 9.17) is 16.6 Å². The molecule has 0 spiro atoms. The van der Waals surface area contributed by atoms with Gasteiger partial charge in [0.05, 0.1) is 17.6 Å². The maximum atomic E-state index is 6.29. The van der Waals surface area contributed by atoms with Gasteiger partial charge < -0.3 is 0 Å². The van der Waals surface area contributed by atoms with Crippen LogP contribution in [0.4, 0.5) is 0 Å². The summed E-state index contributed by atoms with van der Waals surface area (Å²) in [5.74, 6) is 1.05. The van der Waals surface area contributed by atoms with Gasteiger partial charge in [-0.3, -0.25) is 9.47 Å². The summed E-state index contributed by atoms with van der Waals surface area (Å²) in [7, 11) is 2.13. The lowest BCUT2D eigenvalue weighted by atomic mass is 10.1. The van der Waals surface area contributed by atoms with Gasteiger partial charge in [0, 0.05) is 17.3 Å². The molecule has 0 aliphatic carbocycles. The molecule has 0 aliphatic heterocycles. The average molecular weight is 376 g/mol. The van der Waals surface area contributed by atoms with Gasteiger partial charge in [0.15, 0.2) is 0 Å². The predicted molar refractivity (Wildman–Crippen MR) is 113 cm³/mol. The Morgan fingerprint density at radius 3 is 2.41 bits per heavy atom. The zero-order valence-corrected chi connectivity index (χ0v) is 16.1. The molecule has 0 unspecified atom stereocenters. The zero-order chi connectivity index (χ0) is 18.6. The first-order valence-electron chi connectivity index (χ1n) is 9.16. The van der Waals surface area contributed by atoms with E-state index in [0.717, 1.165) is 47.1 Å². The van der Waals surface area contributed by atoms with Crippen molar-refractivity contribution in [3.8, 4) is 5.69 Å². The average Bonchev–Trinajstić information content (AvgIpc) is 3.05. The molecule has 0 saturated carbocycles. The van der Waals surface area contributed by atoms with Crippen molar-refractivity contribution in [2.45, 2.75) is 13.0 Å². The maximum absolute atomic E-state index is 6.29. The SMILES string of the molecule is CN(CCc1ccccc1Cl)Cc1nc2ccccc2n1-c1ccccc1. The summed E-state index contributed by atoms with van der Waals surface area (Å²) >= 11 is 6.29. The van der Waals surface area contributed by atoms with Gasteiger partial charge in [-0.15, -0.1) is 0 Å². The quantitative estimate of drug-likeness (QED) is 0.452. The molecule has 4 aromatic rings. The summed E-state index contributed by atoms with van der Waals surface area (Å²) in [4.78, 5) is 7.19. The highest BCUT2D eigenvalue weighted by Crippen LogP contribution is 2.22. The lowest BCUT2D eigenvalue weighted by Crippen LogP contribution is -2.23. The number of halogens is 1. The Balaban J connectivity index is 1.59. The summed E-state index contributed by atoms with van der Waals surface area (Å²) in [5.41, 5.74) is 4.48. The number of hydrogen-bond acceptors (Lipinski definition) is 2. The van der Waals surface area contributed by atoms with Crippen molar-refractivity contribution in [3.63, 3.8) is 0 Å². The Morgan fingerprint density at radius 1 is 0.889 bits per heavy atom. The molecule has 4 heteroatoms. The van der Waals surface area contributed by atoms with Crippen molar-refractivity contribution in [3.05, 3.63) is 95.3 Å². The van der Waals surface area contributed by atoms with Gasteiger partial charge in [-0.2, -0.15) is 0 Å². The van der Waals surface area contributed by atoms with Crippen LogP contribution in [0.2, 0.25) is 5.02 Å². The molecule has 0 aliphatic rings. The van der Waals surface area contributed by atoms with Crippen molar-refractivity contribution < 1.29 is 0 Å². The third-order valence-electron chi connectivity index (χ3n) is 4.78. The molecule has 0 saturated heterocycles. The van der Waals surface area contributed by atoms with Crippen molar-refractivity contribution in [1.82, 2.24) is 14.5 Å². The lowest BCUT2D eigenvalue weighted by molar-refractivity contribution is 0.321. The van der Waals surface area contributed by atoms with Gasteiger partial charge in [-0.05, 0) is 49.4 Å². The van der Waals surface area contributed by atoms with Crippen LogP contribution in [0.25, 0.3) is 16.7 Å². The smallest absolute Gasteiger partial charge is 0.128 e. The number of fused-ring (bicyclic) bond motifs is 1. The highest BCUT2D eigenvalue weighted by molar-refractivity contribution is 6.31. The number of imidazole rings is 1. The second-order valence-corrected chi connectivity index (χ2v) is 7.17. The fourth-order valence-corrected chi connectivity index (χ4v) is 3.61. The zero-order valence-electron chi connectivity index (χ0n) is 15.3. The standard InChI is InChI=1S/C23H22ClN3/c1-26(16-15-18-9-5-6-12-20(18)24)17-23-25-21-13-7-8-14-22(21)27(23)19-10-3-2-4-11-19/h2-14H,15-17H2,1H3. The van der Waals surface area contributed by atoms with E-state index in [1.165, 1.54) is 5.56 Å². The second kappa shape index (κ2) is 7.95. The Kier molecular flexibility index (Phi) is 5.23. The minimum atomic E-state index is 0.772. The Bertz CT molecular complexity index is 1040. The molecular weight excluding hydrogens is 354 g/mol. The van der Waals surface area contributed by atoms with E-state index in [-0.39, 0.29) is 0 Å². The van der Waals surface area contributed by atoms with Crippen LogP contribution in [0.5, 0.6) is 0 Å². The first kappa shape index (κ1) is 17.8. The molecule has 0 fully saturated rings. The van der Waals surface area contributed by atoms with Gasteiger partial charge in [0.1, 0.15) is 5.82 Å². The third-order valence-corrected chi connectivity index (χ3v) is 5.15. The van der Waals surface area contributed by atoms with Crippen LogP contribution in [0.1, 0.15) is 11.4 Å². The summed E-state index contributed by atoms with van der Waals surface area (Å²) in [5, 5.41) is 0.836. The molecule has 1 heterocycles. The van der Waals surface area contributed by atoms with Crippen LogP contribution >= 0.6 is 11.6 Å². The van der Waals surface area contributed by atoms with E-state index in [1.807, 2.05) is 30.3 Å². The van der Waals surface area contributed by atoms with E-state index < -0.39 is 0 Å². The Hall–Kier alpha value is -2.62. The lowest BCUT2D eigenvalue weighted by Gasteiger charge is -2.18. The molecule has 4 rings (SSSR count). The molecule has 0 amide bonds. The first-order valence-corrected chi connectivity index (χ1v) is 9.54.